The van der Waals surface area contributed by atoms with E-state index in [1.54, 1.807) is 10.2 Å². The molecule has 0 aliphatic rings. The van der Waals surface area contributed by atoms with Gasteiger partial charge in [0.15, 0.2) is 0 Å². The molecule has 0 aliphatic carbocycles. The number of carboxylic acids is 1. The van der Waals surface area contributed by atoms with Gasteiger partial charge in [-0.05, 0) is 13.0 Å². The highest BCUT2D eigenvalue weighted by atomic mass is 127. The van der Waals surface area contributed by atoms with Gasteiger partial charge in [-0.15, -0.1) is 0 Å². The quantitative estimate of drug-likeness (QED) is 0.561. The number of nitrogens with zero attached hydrogens (tertiary/aromatic N) is 1. The van der Waals surface area contributed by atoms with Crippen LogP contribution in [0.25, 0.3) is 0 Å². The largest absolute Gasteiger partial charge is 0.480 e. The smallest absolute Gasteiger partial charge is 0.326 e. The van der Waals surface area contributed by atoms with E-state index in [0.717, 1.165) is 6.42 Å². The van der Waals surface area contributed by atoms with E-state index in [0.29, 0.717) is 0 Å². The molecule has 6 heteroatoms. The van der Waals surface area contributed by atoms with Gasteiger partial charge in [-0.2, -0.15) is 0 Å². The van der Waals surface area contributed by atoms with Crippen molar-refractivity contribution in [3.8, 4) is 0 Å². The van der Waals surface area contributed by atoms with E-state index in [9.17, 15) is 9.59 Å². The van der Waals surface area contributed by atoms with Gasteiger partial charge in [0, 0.05) is 22.9 Å². The van der Waals surface area contributed by atoms with Crippen molar-refractivity contribution in [1.29, 1.82) is 0 Å². The second-order valence-corrected chi connectivity index (χ2v) is 5.18. The van der Waals surface area contributed by atoms with Gasteiger partial charge in [0.2, 0.25) is 5.91 Å². The molecule has 0 aromatic carbocycles. The van der Waals surface area contributed by atoms with Crippen LogP contribution < -0.4 is 5.32 Å². The fraction of sp³-hybridized carbons (Fsp3) is 0.778. The minimum Gasteiger partial charge on any atom is -0.480 e. The molecule has 2 N–H and O–H groups in total. The zero-order valence-electron chi connectivity index (χ0n) is 9.16. The number of likely N-dealkylation sites (N-methyl/N-ethyl adjacent to an activating group) is 1. The first kappa shape index (κ1) is 14.6. The fourth-order valence-corrected chi connectivity index (χ4v) is 1.41. The molecule has 0 rings (SSSR count). The van der Waals surface area contributed by atoms with Crippen LogP contribution in [0.15, 0.2) is 0 Å². The van der Waals surface area contributed by atoms with Crippen molar-refractivity contribution in [3.05, 3.63) is 0 Å². The molecule has 0 radical (unpaired) electrons. The zero-order valence-corrected chi connectivity index (χ0v) is 11.3. The van der Waals surface area contributed by atoms with Crippen molar-refractivity contribution in [1.82, 2.24) is 8.43 Å². The lowest BCUT2D eigenvalue weighted by Gasteiger charge is -2.20. The van der Waals surface area contributed by atoms with Crippen LogP contribution in [0.3, 0.4) is 0 Å². The molecule has 0 saturated heterocycles. The number of carbonyl (C=O) groups is 2. The fourth-order valence-electron chi connectivity index (χ4n) is 1.10. The maximum Gasteiger partial charge on any atom is 0.326 e. The number of hydrogen-bond donors (Lipinski definition) is 2. The maximum atomic E-state index is 11.4. The molecule has 0 spiro atoms. The van der Waals surface area contributed by atoms with Crippen LogP contribution in [-0.4, -0.2) is 39.7 Å². The van der Waals surface area contributed by atoms with Gasteiger partial charge < -0.3 is 10.4 Å². The Morgan fingerprint density at radius 3 is 2.40 bits per heavy atom. The number of halogens is 1. The minimum atomic E-state index is -0.978. The van der Waals surface area contributed by atoms with Gasteiger partial charge in [-0.1, -0.05) is 20.3 Å². The number of rotatable bonds is 6. The lowest BCUT2D eigenvalue weighted by molar-refractivity contribution is -0.143. The number of hydrogen-bond acceptors (Lipinski definition) is 3. The van der Waals surface area contributed by atoms with Gasteiger partial charge in [0.25, 0.3) is 0 Å². The minimum absolute atomic E-state index is 0.0639. The van der Waals surface area contributed by atoms with Crippen molar-refractivity contribution < 1.29 is 14.7 Å². The third kappa shape index (κ3) is 5.93. The number of carboxylic acid groups (broad SMARTS) is 1. The van der Waals surface area contributed by atoms with Crippen molar-refractivity contribution in [2.24, 2.45) is 5.92 Å². The first-order valence-electron chi connectivity index (χ1n) is 4.77. The standard InChI is InChI=1S/C9H17IN2O3/c1-4-6(2)8(9(14)15)11-7(13)5-12(3)10/h6,8H,4-5H2,1-3H3,(H,11,13)(H,14,15)/t6-,8-/m0/s1. The summed E-state index contributed by atoms with van der Waals surface area (Å²) in [7, 11) is 1.75. The predicted octanol–water partition coefficient (Wildman–Crippen LogP) is 0.884. The third-order valence-corrected chi connectivity index (χ3v) is 2.50. The van der Waals surface area contributed by atoms with Crippen molar-refractivity contribution in [2.75, 3.05) is 13.6 Å². The summed E-state index contributed by atoms with van der Waals surface area (Å²) in [6, 6.07) is -0.793. The van der Waals surface area contributed by atoms with Crippen LogP contribution >= 0.6 is 22.9 Å². The normalized spacial score (nSPS) is 14.7. The summed E-state index contributed by atoms with van der Waals surface area (Å²) < 4.78 is 1.67. The highest BCUT2D eigenvalue weighted by molar-refractivity contribution is 14.1. The Morgan fingerprint density at radius 2 is 2.07 bits per heavy atom. The van der Waals surface area contributed by atoms with E-state index in [-0.39, 0.29) is 18.4 Å². The summed E-state index contributed by atoms with van der Waals surface area (Å²) >= 11 is 1.97. The van der Waals surface area contributed by atoms with E-state index in [2.05, 4.69) is 5.32 Å². The topological polar surface area (TPSA) is 69.6 Å². The van der Waals surface area contributed by atoms with E-state index in [4.69, 9.17) is 5.11 Å². The Morgan fingerprint density at radius 1 is 1.53 bits per heavy atom. The molecule has 0 fully saturated rings. The average Bonchev–Trinajstić information content (AvgIpc) is 2.11. The summed E-state index contributed by atoms with van der Waals surface area (Å²) in [5.41, 5.74) is 0. The second kappa shape index (κ2) is 7.00. The highest BCUT2D eigenvalue weighted by Crippen LogP contribution is 2.07. The van der Waals surface area contributed by atoms with Crippen LogP contribution in [-0.2, 0) is 9.59 Å². The number of amides is 1. The van der Waals surface area contributed by atoms with Crippen molar-refractivity contribution in [2.45, 2.75) is 26.3 Å². The molecule has 0 heterocycles. The molecule has 0 unspecified atom stereocenters. The molecule has 0 saturated carbocycles. The predicted molar refractivity (Wildman–Crippen MR) is 65.7 cm³/mol. The SMILES string of the molecule is CC[C@H](C)[C@H](NC(=O)CN(C)I)C(=O)O. The van der Waals surface area contributed by atoms with Crippen LogP contribution in [0.5, 0.6) is 0 Å². The first-order chi connectivity index (χ1) is 6.88. The molecule has 0 bridgehead atoms. The summed E-state index contributed by atoms with van der Waals surface area (Å²) in [5, 5.41) is 11.4. The Hall–Kier alpha value is -0.370. The monoisotopic (exact) mass is 328 g/mol. The van der Waals surface area contributed by atoms with Gasteiger partial charge in [-0.3, -0.25) is 4.79 Å². The van der Waals surface area contributed by atoms with Crippen molar-refractivity contribution in [3.63, 3.8) is 0 Å². The number of carbonyl (C=O) groups excluding carboxylic acids is 1. The van der Waals surface area contributed by atoms with E-state index in [1.807, 2.05) is 36.7 Å². The van der Waals surface area contributed by atoms with E-state index < -0.39 is 12.0 Å². The summed E-state index contributed by atoms with van der Waals surface area (Å²) in [5.74, 6) is -1.31. The zero-order chi connectivity index (χ0) is 12.0. The third-order valence-electron chi connectivity index (χ3n) is 2.16. The Kier molecular flexibility index (Phi) is 6.82. The molecular weight excluding hydrogens is 311 g/mol. The number of aliphatic carboxylic acids is 1. The van der Waals surface area contributed by atoms with E-state index >= 15 is 0 Å². The molecule has 1 amide bonds. The summed E-state index contributed by atoms with van der Waals surface area (Å²) in [6.07, 6.45) is 0.720. The second-order valence-electron chi connectivity index (χ2n) is 3.53. The maximum absolute atomic E-state index is 11.4. The summed E-state index contributed by atoms with van der Waals surface area (Å²) in [6.45, 7) is 3.91. The molecule has 88 valence electrons. The molecule has 0 aliphatic heterocycles. The number of nitrogens with one attached hydrogen (secondary N) is 1. The van der Waals surface area contributed by atoms with Gasteiger partial charge in [0.05, 0.1) is 6.54 Å². The van der Waals surface area contributed by atoms with Crippen LogP contribution in [0.4, 0.5) is 0 Å². The average molecular weight is 328 g/mol. The molecular formula is C9H17IN2O3. The van der Waals surface area contributed by atoms with Gasteiger partial charge in [-0.25, -0.2) is 7.91 Å². The molecule has 5 nitrogen and oxygen atoms in total. The first-order valence-corrected chi connectivity index (χ1v) is 5.74. The Balaban J connectivity index is 4.29. The Labute approximate surface area is 104 Å². The van der Waals surface area contributed by atoms with E-state index in [1.165, 1.54) is 0 Å². The lowest BCUT2D eigenvalue weighted by atomic mass is 9.99. The van der Waals surface area contributed by atoms with Crippen LogP contribution in [0.2, 0.25) is 0 Å². The summed E-state index contributed by atoms with van der Waals surface area (Å²) in [4.78, 5) is 22.3. The highest BCUT2D eigenvalue weighted by Gasteiger charge is 2.25. The van der Waals surface area contributed by atoms with Gasteiger partial charge >= 0.3 is 5.97 Å². The Bertz CT molecular complexity index is 233. The molecule has 2 atom stereocenters. The van der Waals surface area contributed by atoms with Crippen LogP contribution in [0, 0.1) is 5.92 Å². The molecule has 0 aromatic rings. The molecule has 0 aromatic heterocycles. The van der Waals surface area contributed by atoms with Crippen LogP contribution in [0.1, 0.15) is 20.3 Å². The lowest BCUT2D eigenvalue weighted by Crippen LogP contribution is -2.47. The molecule has 15 heavy (non-hydrogen) atoms. The van der Waals surface area contributed by atoms with Crippen molar-refractivity contribution >= 4 is 34.7 Å². The van der Waals surface area contributed by atoms with Gasteiger partial charge in [0.1, 0.15) is 6.04 Å².